The lowest BCUT2D eigenvalue weighted by Crippen LogP contribution is -2.29. The molecule has 32 heavy (non-hydrogen) atoms. The molecule has 1 N–H and O–H groups in total. The van der Waals surface area contributed by atoms with Crippen LogP contribution in [0.5, 0.6) is 0 Å². The molecule has 4 rings (SSSR count). The van der Waals surface area contributed by atoms with E-state index in [1.807, 2.05) is 18.2 Å². The molecular weight excluding hydrogens is 489 g/mol. The van der Waals surface area contributed by atoms with Gasteiger partial charge in [-0.2, -0.15) is 0 Å². The van der Waals surface area contributed by atoms with Crippen LogP contribution in [0, 0.1) is 0 Å². The number of rotatable bonds is 6. The van der Waals surface area contributed by atoms with Gasteiger partial charge in [0, 0.05) is 40.0 Å². The summed E-state index contributed by atoms with van der Waals surface area (Å²) in [5.74, 6) is -0.868. The second-order valence-corrected chi connectivity index (χ2v) is 9.42. The number of carbonyl (C=O) groups is 2. The van der Waals surface area contributed by atoms with Crippen LogP contribution in [0.15, 0.2) is 47.4 Å². The van der Waals surface area contributed by atoms with Crippen LogP contribution in [0.4, 0.5) is 0 Å². The maximum atomic E-state index is 12.8. The van der Waals surface area contributed by atoms with Crippen molar-refractivity contribution in [3.63, 3.8) is 0 Å². The summed E-state index contributed by atoms with van der Waals surface area (Å²) in [5.41, 5.74) is 1.98. The Kier molecular flexibility index (Phi) is 6.76. The number of fused-ring (bicyclic) bond motifs is 1. The molecule has 10 heteroatoms. The number of hydrogen-bond acceptors (Lipinski definition) is 6. The van der Waals surface area contributed by atoms with E-state index in [-0.39, 0.29) is 18.9 Å². The van der Waals surface area contributed by atoms with Crippen LogP contribution in [0.3, 0.4) is 0 Å². The maximum Gasteiger partial charge on any atom is 0.303 e. The van der Waals surface area contributed by atoms with Gasteiger partial charge in [-0.1, -0.05) is 65.4 Å². The van der Waals surface area contributed by atoms with E-state index in [2.05, 4.69) is 9.97 Å². The zero-order chi connectivity index (χ0) is 22.8. The Hall–Kier alpha value is -2.52. The average molecular weight is 504 g/mol. The second kappa shape index (κ2) is 9.54. The first-order valence-electron chi connectivity index (χ1n) is 9.53. The molecule has 1 amide bonds. The molecule has 0 bridgehead atoms. The molecular formula is C22H15Cl2N3O3S2. The number of benzene rings is 2. The second-order valence-electron chi connectivity index (χ2n) is 6.90. The summed E-state index contributed by atoms with van der Waals surface area (Å²) >= 11 is 19.1. The first kappa shape index (κ1) is 22.7. The molecule has 162 valence electrons. The van der Waals surface area contributed by atoms with Crippen LogP contribution in [-0.4, -0.2) is 42.7 Å². The summed E-state index contributed by atoms with van der Waals surface area (Å²) in [7, 11) is 0. The molecule has 3 aromatic rings. The average Bonchev–Trinajstić information content (AvgIpc) is 3.01. The first-order valence-corrected chi connectivity index (χ1v) is 11.5. The predicted molar refractivity (Wildman–Crippen MR) is 132 cm³/mol. The highest BCUT2D eigenvalue weighted by Gasteiger charge is 2.32. The minimum absolute atomic E-state index is 0.0341. The van der Waals surface area contributed by atoms with Crippen molar-refractivity contribution in [2.45, 2.75) is 12.8 Å². The van der Waals surface area contributed by atoms with E-state index in [0.29, 0.717) is 42.7 Å². The lowest BCUT2D eigenvalue weighted by atomic mass is 10.1. The highest BCUT2D eigenvalue weighted by atomic mass is 35.5. The Morgan fingerprint density at radius 3 is 2.72 bits per heavy atom. The van der Waals surface area contributed by atoms with Crippen molar-refractivity contribution in [2.75, 3.05) is 6.54 Å². The maximum absolute atomic E-state index is 12.8. The molecule has 6 nitrogen and oxygen atoms in total. The van der Waals surface area contributed by atoms with Gasteiger partial charge in [-0.3, -0.25) is 14.5 Å². The van der Waals surface area contributed by atoms with Crippen LogP contribution in [0.2, 0.25) is 10.0 Å². The van der Waals surface area contributed by atoms with E-state index in [1.165, 1.54) is 4.90 Å². The van der Waals surface area contributed by atoms with Crippen molar-refractivity contribution >= 4 is 80.4 Å². The molecule has 2 heterocycles. The van der Waals surface area contributed by atoms with Gasteiger partial charge in [0.05, 0.1) is 16.1 Å². The highest BCUT2D eigenvalue weighted by Crippen LogP contribution is 2.35. The number of nitrogens with zero attached hydrogens (tertiary/aromatic N) is 3. The van der Waals surface area contributed by atoms with E-state index in [9.17, 15) is 9.59 Å². The number of thiocarbonyl (C=S) groups is 1. The predicted octanol–water partition coefficient (Wildman–Crippen LogP) is 5.67. The Bertz CT molecular complexity index is 1300. The minimum Gasteiger partial charge on any atom is -0.481 e. The number of carbonyl (C=O) groups excluding carboxylic acids is 1. The van der Waals surface area contributed by atoms with Gasteiger partial charge in [0.1, 0.15) is 4.32 Å². The van der Waals surface area contributed by atoms with Gasteiger partial charge in [-0.25, -0.2) is 9.97 Å². The van der Waals surface area contributed by atoms with Crippen molar-refractivity contribution in [1.82, 2.24) is 14.9 Å². The van der Waals surface area contributed by atoms with Gasteiger partial charge in [-0.15, -0.1) is 0 Å². The molecule has 0 aliphatic carbocycles. The van der Waals surface area contributed by atoms with Gasteiger partial charge in [-0.05, 0) is 30.7 Å². The molecule has 0 unspecified atom stereocenters. The van der Waals surface area contributed by atoms with Crippen LogP contribution in [0.25, 0.3) is 28.2 Å². The van der Waals surface area contributed by atoms with Crippen LogP contribution < -0.4 is 0 Å². The number of hydrogen-bond donors (Lipinski definition) is 1. The monoisotopic (exact) mass is 503 g/mol. The van der Waals surface area contributed by atoms with Crippen molar-refractivity contribution in [3.05, 3.63) is 63.2 Å². The van der Waals surface area contributed by atoms with Gasteiger partial charge in [0.15, 0.2) is 5.82 Å². The minimum atomic E-state index is -0.914. The van der Waals surface area contributed by atoms with Gasteiger partial charge < -0.3 is 5.11 Å². The largest absolute Gasteiger partial charge is 0.481 e. The van der Waals surface area contributed by atoms with E-state index in [1.54, 1.807) is 30.3 Å². The SMILES string of the molecule is O=C(O)CCCN1C(=O)/C(=C/c2nc(-c3ccccc3Cl)c3cc(Cl)ccc3n2)SC1=S. The molecule has 0 spiro atoms. The van der Waals surface area contributed by atoms with Crippen molar-refractivity contribution in [1.29, 1.82) is 0 Å². The Morgan fingerprint density at radius 1 is 1.19 bits per heavy atom. The smallest absolute Gasteiger partial charge is 0.303 e. The Labute approximate surface area is 203 Å². The van der Waals surface area contributed by atoms with E-state index in [0.717, 1.165) is 22.7 Å². The third-order valence-electron chi connectivity index (χ3n) is 4.71. The fourth-order valence-electron chi connectivity index (χ4n) is 3.24. The summed E-state index contributed by atoms with van der Waals surface area (Å²) in [6, 6.07) is 12.6. The third kappa shape index (κ3) is 4.78. The lowest BCUT2D eigenvalue weighted by molar-refractivity contribution is -0.137. The van der Waals surface area contributed by atoms with Crippen LogP contribution >= 0.6 is 47.2 Å². The summed E-state index contributed by atoms with van der Waals surface area (Å²) in [5, 5.41) is 10.6. The molecule has 1 aliphatic rings. The highest BCUT2D eigenvalue weighted by molar-refractivity contribution is 8.26. The molecule has 1 saturated heterocycles. The summed E-state index contributed by atoms with van der Waals surface area (Å²) in [6.45, 7) is 0.246. The molecule has 1 fully saturated rings. The van der Waals surface area contributed by atoms with Crippen molar-refractivity contribution < 1.29 is 14.7 Å². The van der Waals surface area contributed by atoms with Crippen molar-refractivity contribution in [3.8, 4) is 11.3 Å². The fraction of sp³-hybridized carbons (Fsp3) is 0.136. The third-order valence-corrected chi connectivity index (χ3v) is 6.65. The number of amides is 1. The van der Waals surface area contributed by atoms with E-state index in [4.69, 9.17) is 40.5 Å². The number of carboxylic acids is 1. The molecule has 0 atom stereocenters. The van der Waals surface area contributed by atoms with Crippen LogP contribution in [-0.2, 0) is 9.59 Å². The van der Waals surface area contributed by atoms with Crippen LogP contribution in [0.1, 0.15) is 18.7 Å². The van der Waals surface area contributed by atoms with Crippen molar-refractivity contribution in [2.24, 2.45) is 0 Å². The lowest BCUT2D eigenvalue weighted by Gasteiger charge is -2.13. The van der Waals surface area contributed by atoms with Gasteiger partial charge >= 0.3 is 5.97 Å². The van der Waals surface area contributed by atoms with E-state index >= 15 is 0 Å². The molecule has 1 aromatic heterocycles. The zero-order valence-corrected chi connectivity index (χ0v) is 19.6. The molecule has 2 aromatic carbocycles. The first-order chi connectivity index (χ1) is 15.3. The summed E-state index contributed by atoms with van der Waals surface area (Å²) in [4.78, 5) is 34.6. The van der Waals surface area contributed by atoms with E-state index < -0.39 is 5.97 Å². The molecule has 1 aliphatic heterocycles. The molecule has 0 saturated carbocycles. The standard InChI is InChI=1S/C22H15Cl2N3O3S2/c23-12-7-8-16-14(10-12)20(13-4-1-2-5-15(13)24)26-18(25-16)11-17-21(30)27(22(31)32-17)9-3-6-19(28)29/h1-2,4-5,7-8,10-11H,3,6,9H2,(H,28,29)/b17-11-. The van der Waals surface area contributed by atoms with Gasteiger partial charge in [0.2, 0.25) is 0 Å². The number of thioether (sulfide) groups is 1. The number of halogens is 2. The fourth-order valence-corrected chi connectivity index (χ4v) is 4.92. The topological polar surface area (TPSA) is 83.4 Å². The zero-order valence-electron chi connectivity index (χ0n) is 16.4. The quantitative estimate of drug-likeness (QED) is 0.342. The van der Waals surface area contributed by atoms with Gasteiger partial charge in [0.25, 0.3) is 5.91 Å². The summed E-state index contributed by atoms with van der Waals surface area (Å²) in [6.07, 6.45) is 1.87. The summed E-state index contributed by atoms with van der Waals surface area (Å²) < 4.78 is 0.380. The number of aliphatic carboxylic acids is 1. The molecule has 0 radical (unpaired) electrons. The number of aromatic nitrogens is 2. The normalized spacial score (nSPS) is 15.2. The Balaban J connectivity index is 1.74. The Morgan fingerprint density at radius 2 is 1.97 bits per heavy atom. The number of carboxylic acid groups (broad SMARTS) is 1.